The zero-order valence-corrected chi connectivity index (χ0v) is 11.1. The first-order valence-electron chi connectivity index (χ1n) is 5.87. The lowest BCUT2D eigenvalue weighted by molar-refractivity contribution is -0.123. The summed E-state index contributed by atoms with van der Waals surface area (Å²) in [5.41, 5.74) is 6.55. The van der Waals surface area contributed by atoms with Gasteiger partial charge in [-0.2, -0.15) is 5.10 Å². The molecule has 0 radical (unpaired) electrons. The van der Waals surface area contributed by atoms with E-state index < -0.39 is 6.04 Å². The maximum Gasteiger partial charge on any atom is 0.242 e. The number of nitrogens with zero attached hydrogens (tertiary/aromatic N) is 5. The predicted octanol–water partition coefficient (Wildman–Crippen LogP) is -0.574. The van der Waals surface area contributed by atoms with Gasteiger partial charge in [-0.15, -0.1) is 10.2 Å². The lowest BCUT2D eigenvalue weighted by Crippen LogP contribution is -2.36. The van der Waals surface area contributed by atoms with Gasteiger partial charge in [-0.05, 0) is 6.92 Å². The number of amides is 1. The number of hydrogen-bond donors (Lipinski definition) is 2. The molecule has 2 heterocycles. The van der Waals surface area contributed by atoms with Gasteiger partial charge in [-0.1, -0.05) is 0 Å². The van der Waals surface area contributed by atoms with E-state index in [4.69, 9.17) is 5.73 Å². The molecular formula is C11H17N7O. The maximum absolute atomic E-state index is 12.0. The minimum Gasteiger partial charge on any atom is -0.345 e. The molecule has 8 nitrogen and oxygen atoms in total. The highest BCUT2D eigenvalue weighted by Crippen LogP contribution is 2.12. The molecule has 2 rings (SSSR count). The largest absolute Gasteiger partial charge is 0.345 e. The second-order valence-electron chi connectivity index (χ2n) is 4.46. The van der Waals surface area contributed by atoms with E-state index in [-0.39, 0.29) is 11.9 Å². The van der Waals surface area contributed by atoms with Gasteiger partial charge in [0.2, 0.25) is 5.91 Å². The molecule has 2 unspecified atom stereocenters. The average Bonchev–Trinajstić information content (AvgIpc) is 2.96. The van der Waals surface area contributed by atoms with Crippen molar-refractivity contribution in [1.82, 2.24) is 29.9 Å². The first-order chi connectivity index (χ1) is 8.99. The fourth-order valence-electron chi connectivity index (χ4n) is 1.80. The van der Waals surface area contributed by atoms with E-state index in [2.05, 4.69) is 20.6 Å². The summed E-state index contributed by atoms with van der Waals surface area (Å²) in [6, 6.07) is -1.01. The van der Waals surface area contributed by atoms with Crippen molar-refractivity contribution < 1.29 is 4.79 Å². The van der Waals surface area contributed by atoms with E-state index >= 15 is 0 Å². The van der Waals surface area contributed by atoms with Crippen molar-refractivity contribution >= 4 is 5.91 Å². The van der Waals surface area contributed by atoms with E-state index in [0.29, 0.717) is 11.4 Å². The Kier molecular flexibility index (Phi) is 3.61. The number of aryl methyl sites for hydroxylation is 2. The van der Waals surface area contributed by atoms with Crippen LogP contribution in [0.25, 0.3) is 0 Å². The van der Waals surface area contributed by atoms with Gasteiger partial charge in [0.25, 0.3) is 0 Å². The zero-order valence-electron chi connectivity index (χ0n) is 11.1. The van der Waals surface area contributed by atoms with Crippen LogP contribution in [0.2, 0.25) is 0 Å². The van der Waals surface area contributed by atoms with Gasteiger partial charge < -0.3 is 15.6 Å². The molecule has 8 heteroatoms. The first kappa shape index (κ1) is 13.2. The van der Waals surface area contributed by atoms with Crippen LogP contribution < -0.4 is 11.1 Å². The van der Waals surface area contributed by atoms with E-state index in [9.17, 15) is 4.79 Å². The van der Waals surface area contributed by atoms with E-state index in [1.165, 1.54) is 0 Å². The van der Waals surface area contributed by atoms with Crippen molar-refractivity contribution in [3.8, 4) is 0 Å². The summed E-state index contributed by atoms with van der Waals surface area (Å²) < 4.78 is 3.36. The second-order valence-corrected chi connectivity index (χ2v) is 4.46. The third-order valence-corrected chi connectivity index (χ3v) is 2.86. The summed E-state index contributed by atoms with van der Waals surface area (Å²) >= 11 is 0. The van der Waals surface area contributed by atoms with Crippen LogP contribution in [0, 0.1) is 0 Å². The van der Waals surface area contributed by atoms with Crippen molar-refractivity contribution in [3.05, 3.63) is 30.1 Å². The van der Waals surface area contributed by atoms with Crippen LogP contribution >= 0.6 is 0 Å². The Morgan fingerprint density at radius 2 is 2.21 bits per heavy atom. The zero-order chi connectivity index (χ0) is 14.0. The normalized spacial score (nSPS) is 14.1. The monoisotopic (exact) mass is 263 g/mol. The Balaban J connectivity index is 2.03. The molecule has 0 aromatic carbocycles. The highest BCUT2D eigenvalue weighted by atomic mass is 16.2. The average molecular weight is 263 g/mol. The Labute approximate surface area is 110 Å². The molecule has 102 valence electrons. The number of aromatic nitrogens is 5. The number of carbonyl (C=O) groups excluding carboxylic acids is 1. The van der Waals surface area contributed by atoms with Gasteiger partial charge in [0.1, 0.15) is 12.4 Å². The lowest BCUT2D eigenvalue weighted by atomic mass is 10.1. The molecule has 0 bridgehead atoms. The summed E-state index contributed by atoms with van der Waals surface area (Å²) in [5.74, 6) is 0.398. The Bertz CT molecular complexity index is 573. The maximum atomic E-state index is 12.0. The molecule has 19 heavy (non-hydrogen) atoms. The van der Waals surface area contributed by atoms with Crippen LogP contribution in [0.4, 0.5) is 0 Å². The first-order valence-corrected chi connectivity index (χ1v) is 5.87. The summed E-state index contributed by atoms with van der Waals surface area (Å²) in [6.45, 7) is 1.83. The van der Waals surface area contributed by atoms with Crippen molar-refractivity contribution in [2.45, 2.75) is 19.0 Å². The molecule has 0 saturated heterocycles. The topological polar surface area (TPSA) is 104 Å². The number of hydrogen-bond acceptors (Lipinski definition) is 5. The van der Waals surface area contributed by atoms with Gasteiger partial charge in [0, 0.05) is 25.9 Å². The number of nitrogens with one attached hydrogen (secondary N) is 1. The van der Waals surface area contributed by atoms with E-state index in [0.717, 1.165) is 0 Å². The fourth-order valence-corrected chi connectivity index (χ4v) is 1.80. The van der Waals surface area contributed by atoms with Crippen LogP contribution in [0.5, 0.6) is 0 Å². The SMILES string of the molecule is CC(NC(=O)C(N)c1cnn(C)c1)c1nncn1C. The molecule has 0 saturated carbocycles. The number of nitrogens with two attached hydrogens (primary N) is 1. The molecule has 0 aliphatic heterocycles. The van der Waals surface area contributed by atoms with Crippen molar-refractivity contribution in [2.75, 3.05) is 0 Å². The van der Waals surface area contributed by atoms with Crippen LogP contribution in [-0.4, -0.2) is 30.5 Å². The predicted molar refractivity (Wildman–Crippen MR) is 67.7 cm³/mol. The van der Waals surface area contributed by atoms with Crippen molar-refractivity contribution in [3.63, 3.8) is 0 Å². The Hall–Kier alpha value is -2.22. The third kappa shape index (κ3) is 2.79. The number of carbonyl (C=O) groups is 1. The molecule has 2 aromatic heterocycles. The number of rotatable bonds is 4. The fraction of sp³-hybridized carbons (Fsp3) is 0.455. The van der Waals surface area contributed by atoms with Crippen LogP contribution in [0.15, 0.2) is 18.7 Å². The summed E-state index contributed by atoms with van der Waals surface area (Å²) in [7, 11) is 3.59. The van der Waals surface area contributed by atoms with Crippen molar-refractivity contribution in [1.29, 1.82) is 0 Å². The molecule has 0 aliphatic rings. The Morgan fingerprint density at radius 1 is 1.47 bits per heavy atom. The molecule has 2 atom stereocenters. The molecule has 3 N–H and O–H groups in total. The summed E-state index contributed by atoms with van der Waals surface area (Å²) in [5, 5.41) is 14.5. The molecule has 0 fully saturated rings. The molecule has 0 aliphatic carbocycles. The minimum atomic E-state index is -0.746. The van der Waals surface area contributed by atoms with Crippen LogP contribution in [0.3, 0.4) is 0 Å². The Morgan fingerprint density at radius 3 is 2.74 bits per heavy atom. The second kappa shape index (κ2) is 5.19. The van der Waals surface area contributed by atoms with Gasteiger partial charge in [-0.25, -0.2) is 0 Å². The highest BCUT2D eigenvalue weighted by Gasteiger charge is 2.21. The van der Waals surface area contributed by atoms with Crippen LogP contribution in [0.1, 0.15) is 30.4 Å². The molecule has 0 spiro atoms. The lowest BCUT2D eigenvalue weighted by Gasteiger charge is -2.16. The van der Waals surface area contributed by atoms with Crippen molar-refractivity contribution in [2.24, 2.45) is 19.8 Å². The smallest absolute Gasteiger partial charge is 0.242 e. The van der Waals surface area contributed by atoms with Gasteiger partial charge in [0.15, 0.2) is 5.82 Å². The summed E-state index contributed by atoms with van der Waals surface area (Å²) in [4.78, 5) is 12.0. The standard InChI is InChI=1S/C11H17N7O/c1-7(10-16-13-6-17(10)2)15-11(19)9(12)8-4-14-18(3)5-8/h4-7,9H,12H2,1-3H3,(H,15,19). The quantitative estimate of drug-likeness (QED) is 0.768. The van der Waals surface area contributed by atoms with E-state index in [1.54, 1.807) is 35.0 Å². The van der Waals surface area contributed by atoms with Gasteiger partial charge in [0.05, 0.1) is 12.2 Å². The summed E-state index contributed by atoms with van der Waals surface area (Å²) in [6.07, 6.45) is 4.88. The van der Waals surface area contributed by atoms with Crippen LogP contribution in [-0.2, 0) is 18.9 Å². The van der Waals surface area contributed by atoms with E-state index in [1.807, 2.05) is 14.0 Å². The molecular weight excluding hydrogens is 246 g/mol. The van der Waals surface area contributed by atoms with Gasteiger partial charge in [-0.3, -0.25) is 9.48 Å². The molecule has 1 amide bonds. The van der Waals surface area contributed by atoms with Gasteiger partial charge >= 0.3 is 0 Å². The third-order valence-electron chi connectivity index (χ3n) is 2.86. The highest BCUT2D eigenvalue weighted by molar-refractivity contribution is 5.83. The minimum absolute atomic E-state index is 0.261. The molecule has 2 aromatic rings.